The predicted molar refractivity (Wildman–Crippen MR) is 169 cm³/mol. The van der Waals surface area contributed by atoms with Gasteiger partial charge in [0.15, 0.2) is 0 Å². The lowest BCUT2D eigenvalue weighted by Gasteiger charge is -2.33. The van der Waals surface area contributed by atoms with E-state index in [1.807, 2.05) is 26.0 Å². The number of benzene rings is 1. The number of aromatic nitrogens is 3. The summed E-state index contributed by atoms with van der Waals surface area (Å²) in [5.74, 6) is 0.00579. The summed E-state index contributed by atoms with van der Waals surface area (Å²) in [6, 6.07) is 7.50. The first-order valence-corrected chi connectivity index (χ1v) is 16.5. The standard InChI is InChI=1S/C31H41N7O4S/c1-6-7-14-43(41,42)38-27-17-24(23-8-9-28(32-18-23)37-12-10-36(5)11-13-37)16-25(29(27)22(4)35-38)30(39)33-19-26-20(2)15-21(3)34-31(26)40/h6,8-9,16-18,20-21,26H,1,7,10-15,19H2,2-5H3,(H,33,39)(H,34,40). The van der Waals surface area contributed by atoms with Crippen LogP contribution in [0.25, 0.3) is 22.0 Å². The van der Waals surface area contributed by atoms with Gasteiger partial charge in [0.25, 0.3) is 15.9 Å². The summed E-state index contributed by atoms with van der Waals surface area (Å²) in [7, 11) is -1.72. The maximum Gasteiger partial charge on any atom is 0.254 e. The first kappa shape index (κ1) is 30.7. The maximum absolute atomic E-state index is 13.8. The number of pyridine rings is 1. The van der Waals surface area contributed by atoms with E-state index in [9.17, 15) is 18.0 Å². The highest BCUT2D eigenvalue weighted by Crippen LogP contribution is 2.32. The first-order valence-electron chi connectivity index (χ1n) is 14.8. The van der Waals surface area contributed by atoms with Crippen LogP contribution in [-0.4, -0.2) is 90.9 Å². The van der Waals surface area contributed by atoms with Gasteiger partial charge in [0, 0.05) is 55.9 Å². The fourth-order valence-electron chi connectivity index (χ4n) is 6.03. The van der Waals surface area contributed by atoms with Gasteiger partial charge in [0.05, 0.1) is 28.4 Å². The molecule has 2 fully saturated rings. The van der Waals surface area contributed by atoms with Crippen molar-refractivity contribution in [3.63, 3.8) is 0 Å². The number of piperidine rings is 1. The third-order valence-electron chi connectivity index (χ3n) is 8.54. The van der Waals surface area contributed by atoms with Gasteiger partial charge in [-0.15, -0.1) is 6.58 Å². The Morgan fingerprint density at radius 3 is 2.56 bits per heavy atom. The van der Waals surface area contributed by atoms with Gasteiger partial charge in [0.1, 0.15) is 5.82 Å². The Morgan fingerprint density at radius 1 is 1.16 bits per heavy atom. The number of anilines is 1. The Morgan fingerprint density at radius 2 is 1.91 bits per heavy atom. The third-order valence-corrected chi connectivity index (χ3v) is 10.1. The van der Waals surface area contributed by atoms with Crippen molar-refractivity contribution in [2.45, 2.75) is 39.7 Å². The molecule has 2 aliphatic rings. The molecule has 0 saturated carbocycles. The zero-order valence-electron chi connectivity index (χ0n) is 25.3. The Labute approximate surface area is 253 Å². The van der Waals surface area contributed by atoms with Crippen LogP contribution in [0.1, 0.15) is 42.7 Å². The SMILES string of the molecule is C=CCCS(=O)(=O)n1nc(C)c2c(C(=O)NCC3C(=O)NC(C)CC3C)cc(-c3ccc(N4CCN(C)CC4)nc3)cc21. The quantitative estimate of drug-likeness (QED) is 0.356. The number of piperazine rings is 1. The van der Waals surface area contributed by atoms with E-state index in [4.69, 9.17) is 4.98 Å². The average Bonchev–Trinajstić information content (AvgIpc) is 3.32. The lowest BCUT2D eigenvalue weighted by atomic mass is 9.84. The lowest BCUT2D eigenvalue weighted by molar-refractivity contribution is -0.129. The molecule has 0 bridgehead atoms. The zero-order chi connectivity index (χ0) is 30.9. The van der Waals surface area contributed by atoms with E-state index >= 15 is 0 Å². The van der Waals surface area contributed by atoms with Gasteiger partial charge in [-0.25, -0.2) is 13.4 Å². The van der Waals surface area contributed by atoms with Gasteiger partial charge < -0.3 is 20.4 Å². The van der Waals surface area contributed by atoms with Gasteiger partial charge in [-0.2, -0.15) is 9.19 Å². The van der Waals surface area contributed by atoms with Crippen LogP contribution < -0.4 is 15.5 Å². The van der Waals surface area contributed by atoms with Gasteiger partial charge >= 0.3 is 0 Å². The van der Waals surface area contributed by atoms with E-state index in [0.29, 0.717) is 27.7 Å². The topological polar surface area (TPSA) is 130 Å². The molecular formula is C31H41N7O4S. The van der Waals surface area contributed by atoms with Crippen molar-refractivity contribution >= 4 is 38.6 Å². The maximum atomic E-state index is 13.8. The second-order valence-corrected chi connectivity index (χ2v) is 13.8. The minimum absolute atomic E-state index is 0.0747. The smallest absolute Gasteiger partial charge is 0.254 e. The van der Waals surface area contributed by atoms with Crippen molar-refractivity contribution in [2.24, 2.45) is 11.8 Å². The summed E-state index contributed by atoms with van der Waals surface area (Å²) >= 11 is 0. The summed E-state index contributed by atoms with van der Waals surface area (Å²) in [5, 5.41) is 10.8. The zero-order valence-corrected chi connectivity index (χ0v) is 26.2. The van der Waals surface area contributed by atoms with Gasteiger partial charge in [-0.05, 0) is 69.5 Å². The molecule has 4 heterocycles. The van der Waals surface area contributed by atoms with Crippen molar-refractivity contribution in [2.75, 3.05) is 50.4 Å². The molecule has 0 aliphatic carbocycles. The fraction of sp³-hybridized carbons (Fsp3) is 0.484. The molecule has 3 atom stereocenters. The van der Waals surface area contributed by atoms with Crippen molar-refractivity contribution in [3.8, 4) is 11.1 Å². The fourth-order valence-corrected chi connectivity index (χ4v) is 7.36. The number of carbonyl (C=O) groups excluding carboxylic acids is 2. The number of fused-ring (bicyclic) bond motifs is 1. The van der Waals surface area contributed by atoms with E-state index in [2.05, 4.69) is 39.2 Å². The number of hydrogen-bond donors (Lipinski definition) is 2. The van der Waals surface area contributed by atoms with Gasteiger partial charge in [-0.1, -0.05) is 13.0 Å². The highest BCUT2D eigenvalue weighted by atomic mass is 32.2. The Hall–Kier alpha value is -3.77. The number of carbonyl (C=O) groups is 2. The molecule has 3 unspecified atom stereocenters. The van der Waals surface area contributed by atoms with Crippen LogP contribution in [0.3, 0.4) is 0 Å². The number of nitrogens with zero attached hydrogens (tertiary/aromatic N) is 5. The number of aryl methyl sites for hydroxylation is 1. The van der Waals surface area contributed by atoms with Crippen LogP contribution in [0.15, 0.2) is 43.1 Å². The van der Waals surface area contributed by atoms with E-state index in [1.165, 1.54) is 0 Å². The van der Waals surface area contributed by atoms with Crippen LogP contribution in [0.2, 0.25) is 0 Å². The Bertz CT molecular complexity index is 1630. The van der Waals surface area contributed by atoms with Crippen LogP contribution in [-0.2, 0) is 14.8 Å². The second-order valence-electron chi connectivity index (χ2n) is 11.9. The molecule has 12 heteroatoms. The summed E-state index contributed by atoms with van der Waals surface area (Å²) in [5.41, 5.74) is 2.44. The number of amides is 2. The van der Waals surface area contributed by atoms with E-state index < -0.39 is 15.9 Å². The molecular weight excluding hydrogens is 566 g/mol. The Kier molecular flexibility index (Phi) is 8.89. The molecule has 2 saturated heterocycles. The number of rotatable bonds is 9. The van der Waals surface area contributed by atoms with Crippen LogP contribution in [0.5, 0.6) is 0 Å². The molecule has 3 aromatic rings. The Balaban J connectivity index is 1.53. The van der Waals surface area contributed by atoms with E-state index in [1.54, 1.807) is 31.3 Å². The van der Waals surface area contributed by atoms with E-state index in [-0.39, 0.29) is 42.5 Å². The summed E-state index contributed by atoms with van der Waals surface area (Å²) in [6.45, 7) is 13.2. The summed E-state index contributed by atoms with van der Waals surface area (Å²) < 4.78 is 27.6. The lowest BCUT2D eigenvalue weighted by Crippen LogP contribution is -2.50. The molecule has 5 rings (SSSR count). The number of allylic oxidation sites excluding steroid dienone is 1. The molecule has 2 aliphatic heterocycles. The van der Waals surface area contributed by atoms with Gasteiger partial charge in [-0.3, -0.25) is 9.59 Å². The molecule has 11 nitrogen and oxygen atoms in total. The van der Waals surface area contributed by atoms with Crippen molar-refractivity contribution in [3.05, 3.63) is 54.4 Å². The van der Waals surface area contributed by atoms with E-state index in [0.717, 1.165) is 48.1 Å². The molecule has 0 spiro atoms. The highest BCUT2D eigenvalue weighted by molar-refractivity contribution is 7.89. The second kappa shape index (κ2) is 12.5. The predicted octanol–water partition coefficient (Wildman–Crippen LogP) is 2.80. The largest absolute Gasteiger partial charge is 0.354 e. The molecule has 1 aromatic carbocycles. The molecule has 2 aromatic heterocycles. The number of nitrogens with one attached hydrogen (secondary N) is 2. The molecule has 43 heavy (non-hydrogen) atoms. The average molecular weight is 608 g/mol. The van der Waals surface area contributed by atoms with Gasteiger partial charge in [0.2, 0.25) is 5.91 Å². The first-order chi connectivity index (χ1) is 20.5. The van der Waals surface area contributed by atoms with Crippen molar-refractivity contribution in [1.82, 2.24) is 29.7 Å². The number of likely N-dealkylation sites (N-methyl/N-ethyl adjacent to an activating group) is 1. The van der Waals surface area contributed by atoms with Crippen LogP contribution >= 0.6 is 0 Å². The molecule has 2 N–H and O–H groups in total. The number of hydrogen-bond acceptors (Lipinski definition) is 8. The summed E-state index contributed by atoms with van der Waals surface area (Å²) in [6.07, 6.45) is 4.41. The van der Waals surface area contributed by atoms with Crippen molar-refractivity contribution < 1.29 is 18.0 Å². The summed E-state index contributed by atoms with van der Waals surface area (Å²) in [4.78, 5) is 35.7. The minimum atomic E-state index is -3.82. The monoisotopic (exact) mass is 607 g/mol. The molecule has 0 radical (unpaired) electrons. The van der Waals surface area contributed by atoms with Crippen molar-refractivity contribution in [1.29, 1.82) is 0 Å². The third kappa shape index (κ3) is 6.45. The minimum Gasteiger partial charge on any atom is -0.354 e. The normalized spacial score (nSPS) is 21.5. The molecule has 2 amide bonds. The van der Waals surface area contributed by atoms with Crippen LogP contribution in [0.4, 0.5) is 5.82 Å². The van der Waals surface area contributed by atoms with Crippen LogP contribution in [0, 0.1) is 18.8 Å². The molecule has 230 valence electrons. The highest BCUT2D eigenvalue weighted by Gasteiger charge is 2.33.